The molecule has 4 heterocycles. The zero-order valence-corrected chi connectivity index (χ0v) is 34.2. The van der Waals surface area contributed by atoms with Crippen molar-refractivity contribution in [2.75, 3.05) is 0 Å². The van der Waals surface area contributed by atoms with Gasteiger partial charge in [0.25, 0.3) is 0 Å². The van der Waals surface area contributed by atoms with Crippen LogP contribution in [-0.2, 0) is 0 Å². The van der Waals surface area contributed by atoms with Gasteiger partial charge in [-0.1, -0.05) is 152 Å². The fraction of sp³-hybridized carbons (Fsp3) is 0. The average molecular weight is 828 g/mol. The highest BCUT2D eigenvalue weighted by Gasteiger charge is 2.21. The summed E-state index contributed by atoms with van der Waals surface area (Å²) in [4.78, 5) is 15.5. The van der Waals surface area contributed by atoms with Gasteiger partial charge >= 0.3 is 0 Å². The molecule has 0 aliphatic heterocycles. The van der Waals surface area contributed by atoms with Crippen LogP contribution in [0.3, 0.4) is 0 Å². The third-order valence-electron chi connectivity index (χ3n) is 11.9. The molecule has 0 aliphatic carbocycles. The van der Waals surface area contributed by atoms with Crippen LogP contribution >= 0.6 is 11.3 Å². The average Bonchev–Trinajstić information content (AvgIpc) is 4.06. The van der Waals surface area contributed by atoms with Crippen molar-refractivity contribution in [1.82, 2.24) is 24.1 Å². The van der Waals surface area contributed by atoms with Crippen LogP contribution in [0.15, 0.2) is 212 Å². The molecule has 0 spiro atoms. The summed E-state index contributed by atoms with van der Waals surface area (Å²) in [5, 5.41) is 4.88. The van der Waals surface area contributed by atoms with Crippen molar-refractivity contribution >= 4 is 75.1 Å². The number of fused-ring (bicyclic) bond motifs is 9. The van der Waals surface area contributed by atoms with E-state index < -0.39 is 0 Å². The first-order chi connectivity index (χ1) is 33.7. The van der Waals surface area contributed by atoms with Crippen LogP contribution < -0.4 is 0 Å². The van der Waals surface area contributed by atoms with Crippen molar-refractivity contribution in [3.63, 3.8) is 0 Å². The minimum atomic E-state index is -0.311. The molecule has 0 bridgehead atoms. The van der Waals surface area contributed by atoms with E-state index in [1.165, 1.54) is 17.4 Å². The zero-order valence-electron chi connectivity index (χ0n) is 39.4. The van der Waals surface area contributed by atoms with Crippen molar-refractivity contribution in [2.45, 2.75) is 0 Å². The second kappa shape index (κ2) is 14.2. The first-order valence-electron chi connectivity index (χ1n) is 23.7. The van der Waals surface area contributed by atoms with E-state index in [9.17, 15) is 4.11 Å². The second-order valence-electron chi connectivity index (χ2n) is 15.5. The minimum absolute atomic E-state index is 0.0560. The predicted octanol–water partition coefficient (Wildman–Crippen LogP) is 15.1. The molecule has 0 atom stereocenters. The molecule has 0 radical (unpaired) electrons. The minimum Gasteiger partial charge on any atom is -0.309 e. The van der Waals surface area contributed by atoms with Gasteiger partial charge in [-0.25, -0.2) is 15.0 Å². The van der Waals surface area contributed by atoms with Gasteiger partial charge in [0.2, 0.25) is 0 Å². The lowest BCUT2D eigenvalue weighted by Gasteiger charge is -2.17. The number of thiophene rings is 1. The highest BCUT2D eigenvalue weighted by molar-refractivity contribution is 7.26. The maximum Gasteiger partial charge on any atom is 0.164 e. The van der Waals surface area contributed by atoms with Gasteiger partial charge in [-0.15, -0.1) is 11.3 Å². The highest BCUT2D eigenvalue weighted by atomic mass is 32.1. The summed E-state index contributed by atoms with van der Waals surface area (Å²) in [6.45, 7) is 0. The van der Waals surface area contributed by atoms with Crippen molar-refractivity contribution in [1.29, 1.82) is 0 Å². The van der Waals surface area contributed by atoms with E-state index in [4.69, 9.17) is 19.1 Å². The smallest absolute Gasteiger partial charge is 0.164 e. The van der Waals surface area contributed by atoms with Gasteiger partial charge in [0, 0.05) is 75.2 Å². The van der Waals surface area contributed by atoms with Gasteiger partial charge in [-0.3, -0.25) is 0 Å². The van der Waals surface area contributed by atoms with E-state index in [2.05, 4.69) is 88.0 Å². The Morgan fingerprint density at radius 1 is 0.381 bits per heavy atom. The van der Waals surface area contributed by atoms with Crippen LogP contribution in [0.4, 0.5) is 0 Å². The number of hydrogen-bond acceptors (Lipinski definition) is 4. The molecule has 0 saturated carbocycles. The first-order valence-corrected chi connectivity index (χ1v) is 21.5. The molecule has 9 aromatic carbocycles. The Hall–Kier alpha value is -8.19. The van der Waals surface area contributed by atoms with E-state index in [1.54, 1.807) is 0 Å². The van der Waals surface area contributed by atoms with Crippen molar-refractivity contribution in [3.8, 4) is 56.7 Å². The molecular weight excluding hydrogens is 787 g/mol. The molecular formula is C57H35N5S. The summed E-state index contributed by atoms with van der Waals surface area (Å²) in [5.74, 6) is 1.33. The molecule has 0 amide bonds. The lowest BCUT2D eigenvalue weighted by Crippen LogP contribution is -2.02. The molecule has 5 nitrogen and oxygen atoms in total. The Balaban J connectivity index is 1.11. The Morgan fingerprint density at radius 3 is 1.63 bits per heavy atom. The van der Waals surface area contributed by atoms with E-state index in [1.807, 2.05) is 91.0 Å². The van der Waals surface area contributed by atoms with E-state index in [-0.39, 0.29) is 47.0 Å². The highest BCUT2D eigenvalue weighted by Crippen LogP contribution is 2.44. The summed E-state index contributed by atoms with van der Waals surface area (Å²) in [7, 11) is 0. The molecule has 0 aliphatic rings. The van der Waals surface area contributed by atoms with Crippen LogP contribution in [0.2, 0.25) is 0 Å². The molecule has 6 heteroatoms. The van der Waals surface area contributed by atoms with Gasteiger partial charge < -0.3 is 9.13 Å². The standard InChI is InChI=1S/C57H35N5S/c1-3-16-36(17-4-1)55-58-56(60-57(59-55)38-30-32-43-42-22-7-11-26-48(42)61(52(43)35-38)39-18-5-2-6-19-39)37-31-33-51(62-49-27-12-8-20-40(49)41-21-9-13-28-50(41)62)47(34-37)46-25-15-24-45-44-23-10-14-29-53(44)63-54(45)46/h1-35H/i10D,15D,23D,24D,25D,29D. The van der Waals surface area contributed by atoms with Gasteiger partial charge in [0.05, 0.1) is 36.0 Å². The Morgan fingerprint density at radius 2 is 0.937 bits per heavy atom. The van der Waals surface area contributed by atoms with E-state index >= 15 is 0 Å². The molecule has 13 rings (SSSR count). The van der Waals surface area contributed by atoms with Crippen LogP contribution in [0.1, 0.15) is 8.22 Å². The quantitative estimate of drug-likeness (QED) is 0.168. The molecule has 63 heavy (non-hydrogen) atoms. The van der Waals surface area contributed by atoms with Gasteiger partial charge in [-0.2, -0.15) is 0 Å². The summed E-state index contributed by atoms with van der Waals surface area (Å²) >= 11 is 1.22. The molecule has 0 unspecified atom stereocenters. The van der Waals surface area contributed by atoms with Crippen molar-refractivity contribution < 1.29 is 8.22 Å². The Labute approximate surface area is 374 Å². The van der Waals surface area contributed by atoms with Crippen LogP contribution in [-0.4, -0.2) is 24.1 Å². The first kappa shape index (κ1) is 29.9. The monoisotopic (exact) mass is 827 g/mol. The number of nitrogens with zero attached hydrogens (tertiary/aromatic N) is 5. The summed E-state index contributed by atoms with van der Waals surface area (Å²) < 4.78 is 60.0. The van der Waals surface area contributed by atoms with Gasteiger partial charge in [0.15, 0.2) is 17.5 Å². The molecule has 0 saturated heterocycles. The summed E-state index contributed by atoms with van der Waals surface area (Å²) in [5.41, 5.74) is 8.90. The fourth-order valence-electron chi connectivity index (χ4n) is 9.13. The summed E-state index contributed by atoms with van der Waals surface area (Å²) in [6, 6.07) is 57.6. The maximum absolute atomic E-state index is 9.70. The van der Waals surface area contributed by atoms with Crippen molar-refractivity contribution in [3.05, 3.63) is 212 Å². The Kier molecular flexibility index (Phi) is 6.75. The van der Waals surface area contributed by atoms with Gasteiger partial charge in [0.1, 0.15) is 0 Å². The second-order valence-corrected chi connectivity index (χ2v) is 16.5. The molecule has 4 aromatic heterocycles. The predicted molar refractivity (Wildman–Crippen MR) is 263 cm³/mol. The third-order valence-corrected chi connectivity index (χ3v) is 13.1. The number of para-hydroxylation sites is 4. The van der Waals surface area contributed by atoms with E-state index in [0.29, 0.717) is 43.6 Å². The molecule has 13 aromatic rings. The zero-order chi connectivity index (χ0) is 46.7. The number of hydrogen-bond donors (Lipinski definition) is 0. The normalized spacial score (nSPS) is 13.1. The van der Waals surface area contributed by atoms with Gasteiger partial charge in [-0.05, 0) is 60.6 Å². The third kappa shape index (κ3) is 5.66. The maximum atomic E-state index is 9.70. The number of benzene rings is 9. The van der Waals surface area contributed by atoms with E-state index in [0.717, 1.165) is 66.1 Å². The SMILES string of the molecule is [2H]c1cc([2H])c2sc3c(-c4cc(-c5nc(-c6ccccc6)nc(-c6ccc7c8ccccc8n(-c8ccccc8)c7c6)n5)ccc4-n4c5ccccc5c5ccccc54)c([2H])c([2H])c([2H])c3c2c1[2H]. The molecule has 0 fully saturated rings. The van der Waals surface area contributed by atoms with Crippen LogP contribution in [0.25, 0.3) is 120 Å². The lowest BCUT2D eigenvalue weighted by atomic mass is 9.98. The number of aromatic nitrogens is 5. The van der Waals surface area contributed by atoms with Crippen LogP contribution in [0, 0.1) is 0 Å². The lowest BCUT2D eigenvalue weighted by molar-refractivity contribution is 1.07. The fourth-order valence-corrected chi connectivity index (χ4v) is 10.2. The summed E-state index contributed by atoms with van der Waals surface area (Å²) in [6.07, 6.45) is 0. The number of rotatable bonds is 6. The van der Waals surface area contributed by atoms with Crippen LogP contribution in [0.5, 0.6) is 0 Å². The van der Waals surface area contributed by atoms with Crippen molar-refractivity contribution in [2.24, 2.45) is 0 Å². The Bertz CT molecular complexity index is 4220. The molecule has 0 N–H and O–H groups in total. The molecule has 294 valence electrons. The largest absolute Gasteiger partial charge is 0.309 e. The topological polar surface area (TPSA) is 48.5 Å².